The summed E-state index contributed by atoms with van der Waals surface area (Å²) < 4.78 is 34.5. The van der Waals surface area contributed by atoms with Crippen molar-refractivity contribution >= 4 is 37.5 Å². The molecule has 0 bridgehead atoms. The van der Waals surface area contributed by atoms with Gasteiger partial charge in [0.05, 0.1) is 17.7 Å². The van der Waals surface area contributed by atoms with Crippen molar-refractivity contribution < 1.29 is 17.9 Å². The highest BCUT2D eigenvalue weighted by Gasteiger charge is 2.27. The van der Waals surface area contributed by atoms with Gasteiger partial charge in [0.25, 0.3) is 0 Å². The number of rotatable bonds is 8. The van der Waals surface area contributed by atoms with Gasteiger partial charge in [-0.05, 0) is 60.9 Å². The number of carbonyl (C=O) groups excluding carboxylic acids is 1. The zero-order valence-corrected chi connectivity index (χ0v) is 19.5. The summed E-state index contributed by atoms with van der Waals surface area (Å²) in [5, 5.41) is 2.81. The number of halogens is 1. The van der Waals surface area contributed by atoms with E-state index in [2.05, 4.69) is 26.0 Å². The SMILES string of the molecule is COc1ccc(C)cc1NC(=O)[C@@H](Cc1ccccc1)NS(=O)(=O)c1ccc(Br)cc1. The Labute approximate surface area is 190 Å². The minimum atomic E-state index is -3.92. The molecule has 0 heterocycles. The topological polar surface area (TPSA) is 84.5 Å². The lowest BCUT2D eigenvalue weighted by molar-refractivity contribution is -0.117. The molecule has 0 fully saturated rings. The average molecular weight is 503 g/mol. The largest absolute Gasteiger partial charge is 0.495 e. The molecule has 31 heavy (non-hydrogen) atoms. The Hall–Kier alpha value is -2.68. The third-order valence-corrected chi connectivity index (χ3v) is 6.65. The second-order valence-corrected chi connectivity index (χ2v) is 9.64. The number of sulfonamides is 1. The van der Waals surface area contributed by atoms with Gasteiger partial charge >= 0.3 is 0 Å². The Morgan fingerprint density at radius 1 is 1.03 bits per heavy atom. The van der Waals surface area contributed by atoms with Gasteiger partial charge in [-0.3, -0.25) is 4.79 Å². The Morgan fingerprint density at radius 2 is 1.71 bits per heavy atom. The van der Waals surface area contributed by atoms with E-state index in [-0.39, 0.29) is 11.3 Å². The van der Waals surface area contributed by atoms with E-state index in [0.29, 0.717) is 11.4 Å². The molecule has 3 aromatic carbocycles. The normalized spacial score (nSPS) is 12.2. The van der Waals surface area contributed by atoms with Crippen LogP contribution < -0.4 is 14.8 Å². The van der Waals surface area contributed by atoms with Crippen LogP contribution in [-0.2, 0) is 21.2 Å². The smallest absolute Gasteiger partial charge is 0.243 e. The molecule has 8 heteroatoms. The predicted molar refractivity (Wildman–Crippen MR) is 125 cm³/mol. The standard InChI is InChI=1S/C23H23BrN2O4S/c1-16-8-13-22(30-2)20(14-16)25-23(27)21(15-17-6-4-3-5-7-17)26-31(28,29)19-11-9-18(24)10-12-19/h3-14,21,26H,15H2,1-2H3,(H,25,27)/t21-/m1/s1. The number of anilines is 1. The molecule has 1 amide bonds. The van der Waals surface area contributed by atoms with Crippen LogP contribution in [0.25, 0.3) is 0 Å². The minimum Gasteiger partial charge on any atom is -0.495 e. The fraction of sp³-hybridized carbons (Fsp3) is 0.174. The van der Waals surface area contributed by atoms with E-state index in [1.54, 1.807) is 24.3 Å². The highest BCUT2D eigenvalue weighted by atomic mass is 79.9. The number of benzene rings is 3. The maximum Gasteiger partial charge on any atom is 0.243 e. The van der Waals surface area contributed by atoms with Gasteiger partial charge in [0, 0.05) is 4.47 Å². The van der Waals surface area contributed by atoms with Crippen molar-refractivity contribution in [2.24, 2.45) is 0 Å². The van der Waals surface area contributed by atoms with Crippen molar-refractivity contribution in [1.29, 1.82) is 0 Å². The first kappa shape index (κ1) is 23.0. The Kier molecular flexibility index (Phi) is 7.48. The van der Waals surface area contributed by atoms with E-state index >= 15 is 0 Å². The van der Waals surface area contributed by atoms with E-state index < -0.39 is 22.0 Å². The first-order chi connectivity index (χ1) is 14.8. The van der Waals surface area contributed by atoms with Crippen molar-refractivity contribution in [2.75, 3.05) is 12.4 Å². The molecule has 162 valence electrons. The second-order valence-electron chi connectivity index (χ2n) is 7.01. The molecule has 0 aliphatic carbocycles. The van der Waals surface area contributed by atoms with Gasteiger partial charge < -0.3 is 10.1 Å². The van der Waals surface area contributed by atoms with Crippen molar-refractivity contribution in [2.45, 2.75) is 24.3 Å². The zero-order chi connectivity index (χ0) is 22.4. The molecule has 0 unspecified atom stereocenters. The van der Waals surface area contributed by atoms with Crippen LogP contribution >= 0.6 is 15.9 Å². The van der Waals surface area contributed by atoms with E-state index in [9.17, 15) is 13.2 Å². The number of ether oxygens (including phenoxy) is 1. The summed E-state index contributed by atoms with van der Waals surface area (Å²) in [6.45, 7) is 1.90. The molecule has 6 nitrogen and oxygen atoms in total. The Balaban J connectivity index is 1.90. The van der Waals surface area contributed by atoms with Crippen LogP contribution in [0.1, 0.15) is 11.1 Å². The molecular formula is C23H23BrN2O4S. The summed E-state index contributed by atoms with van der Waals surface area (Å²) in [7, 11) is -2.41. The number of methoxy groups -OCH3 is 1. The summed E-state index contributed by atoms with van der Waals surface area (Å²) in [6, 6.07) is 19.9. The van der Waals surface area contributed by atoms with Gasteiger partial charge in [-0.1, -0.05) is 52.3 Å². The highest BCUT2D eigenvalue weighted by Crippen LogP contribution is 2.25. The zero-order valence-electron chi connectivity index (χ0n) is 17.1. The molecule has 2 N–H and O–H groups in total. The molecule has 1 atom stereocenters. The molecule has 0 saturated carbocycles. The van der Waals surface area contributed by atoms with Crippen molar-refractivity contribution in [3.63, 3.8) is 0 Å². The number of hydrogen-bond donors (Lipinski definition) is 2. The van der Waals surface area contributed by atoms with Crippen LogP contribution in [0.2, 0.25) is 0 Å². The van der Waals surface area contributed by atoms with Crippen LogP contribution in [0.5, 0.6) is 5.75 Å². The predicted octanol–water partition coefficient (Wildman–Crippen LogP) is 4.29. The molecule has 0 aliphatic rings. The number of nitrogens with one attached hydrogen (secondary N) is 2. The van der Waals surface area contributed by atoms with E-state index in [1.807, 2.05) is 43.3 Å². The number of hydrogen-bond acceptors (Lipinski definition) is 4. The van der Waals surface area contributed by atoms with E-state index in [1.165, 1.54) is 19.2 Å². The fourth-order valence-corrected chi connectivity index (χ4v) is 4.51. The summed E-state index contributed by atoms with van der Waals surface area (Å²) in [5.41, 5.74) is 2.25. The minimum absolute atomic E-state index is 0.0784. The number of carbonyl (C=O) groups is 1. The Morgan fingerprint density at radius 3 is 2.35 bits per heavy atom. The first-order valence-electron chi connectivity index (χ1n) is 9.56. The average Bonchev–Trinajstić information content (AvgIpc) is 2.74. The van der Waals surface area contributed by atoms with Crippen LogP contribution in [0.4, 0.5) is 5.69 Å². The summed E-state index contributed by atoms with van der Waals surface area (Å²) >= 11 is 3.30. The number of amides is 1. The molecule has 0 aromatic heterocycles. The number of aryl methyl sites for hydroxylation is 1. The lowest BCUT2D eigenvalue weighted by Crippen LogP contribution is -2.45. The molecule has 3 rings (SSSR count). The molecule has 0 aliphatic heterocycles. The second kappa shape index (κ2) is 10.1. The van der Waals surface area contributed by atoms with Crippen LogP contribution in [0.15, 0.2) is 82.2 Å². The van der Waals surface area contributed by atoms with Gasteiger partial charge in [0.2, 0.25) is 15.9 Å². The molecule has 0 radical (unpaired) electrons. The van der Waals surface area contributed by atoms with Gasteiger partial charge in [0.15, 0.2) is 0 Å². The van der Waals surface area contributed by atoms with Crippen LogP contribution in [0, 0.1) is 6.92 Å². The van der Waals surface area contributed by atoms with E-state index in [4.69, 9.17) is 4.74 Å². The first-order valence-corrected chi connectivity index (χ1v) is 11.8. The van der Waals surface area contributed by atoms with Gasteiger partial charge in [-0.2, -0.15) is 4.72 Å². The third kappa shape index (κ3) is 6.16. The van der Waals surface area contributed by atoms with Crippen molar-refractivity contribution in [3.8, 4) is 5.75 Å². The lowest BCUT2D eigenvalue weighted by atomic mass is 10.1. The van der Waals surface area contributed by atoms with Crippen LogP contribution in [0.3, 0.4) is 0 Å². The lowest BCUT2D eigenvalue weighted by Gasteiger charge is -2.20. The summed E-state index contributed by atoms with van der Waals surface area (Å²) in [4.78, 5) is 13.2. The van der Waals surface area contributed by atoms with Crippen molar-refractivity contribution in [3.05, 3.63) is 88.4 Å². The summed E-state index contributed by atoms with van der Waals surface area (Å²) in [6.07, 6.45) is 0.191. The molecule has 0 saturated heterocycles. The Bertz CT molecular complexity index is 1150. The van der Waals surface area contributed by atoms with Gasteiger partial charge in [-0.25, -0.2) is 8.42 Å². The molecular weight excluding hydrogens is 480 g/mol. The fourth-order valence-electron chi connectivity index (χ4n) is 3.05. The van der Waals surface area contributed by atoms with Crippen LogP contribution in [-0.4, -0.2) is 27.5 Å². The van der Waals surface area contributed by atoms with Crippen molar-refractivity contribution in [1.82, 2.24) is 4.72 Å². The van der Waals surface area contributed by atoms with Gasteiger partial charge in [-0.15, -0.1) is 0 Å². The highest BCUT2D eigenvalue weighted by molar-refractivity contribution is 9.10. The third-order valence-electron chi connectivity index (χ3n) is 4.63. The summed E-state index contributed by atoms with van der Waals surface area (Å²) in [5.74, 6) is 0.0154. The van der Waals surface area contributed by atoms with Gasteiger partial charge in [0.1, 0.15) is 11.8 Å². The quantitative estimate of drug-likeness (QED) is 0.480. The molecule has 3 aromatic rings. The van der Waals surface area contributed by atoms with E-state index in [0.717, 1.165) is 15.6 Å². The maximum absolute atomic E-state index is 13.2. The monoisotopic (exact) mass is 502 g/mol. The molecule has 0 spiro atoms. The maximum atomic E-state index is 13.2.